The Morgan fingerprint density at radius 1 is 1.60 bits per heavy atom. The Kier molecular flexibility index (Phi) is 2.62. The molecular weight excluding hydrogens is 214 g/mol. The average Bonchev–Trinajstić information content (AvgIpc) is 2.71. The molecule has 2 heterocycles. The summed E-state index contributed by atoms with van der Waals surface area (Å²) < 4.78 is 0. The molecule has 0 aromatic carbocycles. The molecule has 1 aromatic heterocycles. The van der Waals surface area contributed by atoms with Crippen molar-refractivity contribution in [2.75, 3.05) is 13.1 Å². The number of aliphatic hydroxyl groups is 1. The second-order valence-electron chi connectivity index (χ2n) is 3.69. The number of likely N-dealkylation sites (tertiary alicyclic amines) is 1. The van der Waals surface area contributed by atoms with Crippen LogP contribution >= 0.6 is 11.3 Å². The first-order valence-electron chi connectivity index (χ1n) is 4.78. The Morgan fingerprint density at radius 3 is 2.73 bits per heavy atom. The van der Waals surface area contributed by atoms with E-state index < -0.39 is 11.6 Å². The van der Waals surface area contributed by atoms with Crippen LogP contribution in [0.5, 0.6) is 0 Å². The summed E-state index contributed by atoms with van der Waals surface area (Å²) in [5, 5.41) is 12.9. The summed E-state index contributed by atoms with van der Waals surface area (Å²) in [6.07, 6.45) is 2.69. The molecule has 1 aliphatic heterocycles. The maximum atomic E-state index is 10.9. The lowest BCUT2D eigenvalue weighted by Crippen LogP contribution is -2.47. The minimum Gasteiger partial charge on any atom is -0.383 e. The number of nitrogens with two attached hydrogens (primary N) is 1. The Labute approximate surface area is 91.5 Å². The van der Waals surface area contributed by atoms with Gasteiger partial charge in [0.15, 0.2) is 0 Å². The van der Waals surface area contributed by atoms with Gasteiger partial charge in [-0.25, -0.2) is 9.78 Å². The number of amides is 2. The molecule has 2 amide bonds. The molecule has 15 heavy (non-hydrogen) atoms. The van der Waals surface area contributed by atoms with Crippen LogP contribution in [0.3, 0.4) is 0 Å². The van der Waals surface area contributed by atoms with Gasteiger partial charge in [-0.3, -0.25) is 0 Å². The third-order valence-corrected chi connectivity index (χ3v) is 3.70. The van der Waals surface area contributed by atoms with Crippen LogP contribution in [-0.4, -0.2) is 34.1 Å². The Balaban J connectivity index is 2.06. The molecule has 0 unspecified atom stereocenters. The van der Waals surface area contributed by atoms with Crippen molar-refractivity contribution in [2.24, 2.45) is 5.73 Å². The van der Waals surface area contributed by atoms with Gasteiger partial charge in [-0.05, 0) is 0 Å². The molecule has 0 aliphatic carbocycles. The summed E-state index contributed by atoms with van der Waals surface area (Å²) in [7, 11) is 0. The number of thiazole rings is 1. The van der Waals surface area contributed by atoms with Crippen LogP contribution in [0.15, 0.2) is 11.6 Å². The first-order valence-corrected chi connectivity index (χ1v) is 5.66. The number of hydrogen-bond donors (Lipinski definition) is 2. The van der Waals surface area contributed by atoms with Crippen LogP contribution in [0.25, 0.3) is 0 Å². The van der Waals surface area contributed by atoms with Crippen LogP contribution < -0.4 is 5.73 Å². The summed E-state index contributed by atoms with van der Waals surface area (Å²) >= 11 is 1.44. The quantitative estimate of drug-likeness (QED) is 0.733. The van der Waals surface area contributed by atoms with Crippen LogP contribution in [0.1, 0.15) is 17.8 Å². The van der Waals surface area contributed by atoms with Crippen LogP contribution in [0.2, 0.25) is 0 Å². The molecule has 0 spiro atoms. The van der Waals surface area contributed by atoms with Crippen molar-refractivity contribution in [2.45, 2.75) is 18.4 Å². The van der Waals surface area contributed by atoms with Gasteiger partial charge in [0, 0.05) is 37.5 Å². The maximum absolute atomic E-state index is 10.9. The largest absolute Gasteiger partial charge is 0.383 e. The summed E-state index contributed by atoms with van der Waals surface area (Å²) in [5.41, 5.74) is 4.29. The van der Waals surface area contributed by atoms with Gasteiger partial charge in [-0.1, -0.05) is 0 Å². The highest BCUT2D eigenvalue weighted by molar-refractivity contribution is 7.09. The van der Waals surface area contributed by atoms with Crippen LogP contribution in [0, 0.1) is 0 Å². The molecule has 5 nitrogen and oxygen atoms in total. The molecule has 2 rings (SSSR count). The van der Waals surface area contributed by atoms with E-state index in [9.17, 15) is 9.90 Å². The minimum atomic E-state index is -0.875. The van der Waals surface area contributed by atoms with E-state index in [4.69, 9.17) is 5.73 Å². The van der Waals surface area contributed by atoms with Crippen molar-refractivity contribution in [3.05, 3.63) is 16.6 Å². The predicted octanol–water partition coefficient (Wildman–Crippen LogP) is 0.505. The topological polar surface area (TPSA) is 79.5 Å². The monoisotopic (exact) mass is 227 g/mol. The number of aromatic nitrogens is 1. The molecule has 1 aromatic rings. The first kappa shape index (κ1) is 10.4. The van der Waals surface area contributed by atoms with E-state index in [-0.39, 0.29) is 0 Å². The molecule has 3 N–H and O–H groups in total. The summed E-state index contributed by atoms with van der Waals surface area (Å²) in [6.45, 7) is 0.983. The number of rotatable bonds is 1. The highest BCUT2D eigenvalue weighted by atomic mass is 32.1. The van der Waals surface area contributed by atoms with Gasteiger partial charge in [-0.15, -0.1) is 11.3 Å². The van der Waals surface area contributed by atoms with E-state index >= 15 is 0 Å². The standard InChI is InChI=1S/C9H13N3O2S/c10-8(13)12-4-1-9(14,2-5-12)7-11-3-6-15-7/h3,6,14H,1-2,4-5H2,(H2,10,13). The van der Waals surface area contributed by atoms with Crippen LogP contribution in [-0.2, 0) is 5.60 Å². The number of piperidine rings is 1. The highest BCUT2D eigenvalue weighted by Crippen LogP contribution is 2.33. The first-order chi connectivity index (χ1) is 7.12. The van der Waals surface area contributed by atoms with Gasteiger partial charge >= 0.3 is 6.03 Å². The molecule has 0 saturated carbocycles. The summed E-state index contributed by atoms with van der Waals surface area (Å²) in [5.74, 6) is 0. The fourth-order valence-corrected chi connectivity index (χ4v) is 2.56. The number of nitrogens with zero attached hydrogens (tertiary/aromatic N) is 2. The molecule has 1 saturated heterocycles. The van der Waals surface area contributed by atoms with Crippen molar-refractivity contribution in [3.63, 3.8) is 0 Å². The lowest BCUT2D eigenvalue weighted by Gasteiger charge is -2.35. The van der Waals surface area contributed by atoms with Crippen molar-refractivity contribution < 1.29 is 9.90 Å². The SMILES string of the molecule is NC(=O)N1CCC(O)(c2nccs2)CC1. The van der Waals surface area contributed by atoms with Gasteiger partial charge in [0.1, 0.15) is 10.6 Å². The number of urea groups is 1. The molecule has 0 atom stereocenters. The predicted molar refractivity (Wildman–Crippen MR) is 56.4 cm³/mol. The van der Waals surface area contributed by atoms with E-state index in [1.807, 2.05) is 5.38 Å². The van der Waals surface area contributed by atoms with Crippen LogP contribution in [0.4, 0.5) is 4.79 Å². The maximum Gasteiger partial charge on any atom is 0.314 e. The second-order valence-corrected chi connectivity index (χ2v) is 4.59. The lowest BCUT2D eigenvalue weighted by atomic mass is 9.92. The van der Waals surface area contributed by atoms with Gasteiger partial charge in [-0.2, -0.15) is 0 Å². The van der Waals surface area contributed by atoms with Gasteiger partial charge in [0.2, 0.25) is 0 Å². The Bertz CT molecular complexity index is 344. The van der Waals surface area contributed by atoms with E-state index in [1.165, 1.54) is 11.3 Å². The van der Waals surface area contributed by atoms with E-state index in [0.29, 0.717) is 25.9 Å². The van der Waals surface area contributed by atoms with E-state index in [0.717, 1.165) is 5.01 Å². The normalized spacial score (nSPS) is 20.2. The van der Waals surface area contributed by atoms with Gasteiger partial charge in [0.25, 0.3) is 0 Å². The van der Waals surface area contributed by atoms with E-state index in [1.54, 1.807) is 11.1 Å². The third kappa shape index (κ3) is 1.95. The zero-order chi connectivity index (χ0) is 10.9. The lowest BCUT2D eigenvalue weighted by molar-refractivity contribution is -0.0162. The Hall–Kier alpha value is -1.14. The molecule has 1 aliphatic rings. The molecule has 0 bridgehead atoms. The minimum absolute atomic E-state index is 0.420. The summed E-state index contributed by atoms with van der Waals surface area (Å²) in [4.78, 5) is 16.6. The zero-order valence-corrected chi connectivity index (χ0v) is 9.04. The van der Waals surface area contributed by atoms with Crippen molar-refractivity contribution in [1.29, 1.82) is 0 Å². The average molecular weight is 227 g/mol. The Morgan fingerprint density at radius 2 is 2.27 bits per heavy atom. The number of carbonyl (C=O) groups is 1. The molecule has 0 radical (unpaired) electrons. The van der Waals surface area contributed by atoms with Gasteiger partial charge < -0.3 is 15.7 Å². The fourth-order valence-electron chi connectivity index (χ4n) is 1.76. The number of primary amides is 1. The molecule has 1 fully saturated rings. The van der Waals surface area contributed by atoms with Gasteiger partial charge in [0.05, 0.1) is 0 Å². The third-order valence-electron chi connectivity index (χ3n) is 2.73. The molecular formula is C9H13N3O2S. The summed E-state index contributed by atoms with van der Waals surface area (Å²) in [6, 6.07) is -0.420. The highest BCUT2D eigenvalue weighted by Gasteiger charge is 2.36. The zero-order valence-electron chi connectivity index (χ0n) is 8.22. The van der Waals surface area contributed by atoms with Crippen molar-refractivity contribution in [3.8, 4) is 0 Å². The van der Waals surface area contributed by atoms with E-state index in [2.05, 4.69) is 4.98 Å². The number of carbonyl (C=O) groups excluding carboxylic acids is 1. The molecule has 82 valence electrons. The fraction of sp³-hybridized carbons (Fsp3) is 0.556. The van der Waals surface area contributed by atoms with Crippen molar-refractivity contribution >= 4 is 17.4 Å². The number of hydrogen-bond acceptors (Lipinski definition) is 4. The smallest absolute Gasteiger partial charge is 0.314 e. The van der Waals surface area contributed by atoms with Crippen molar-refractivity contribution in [1.82, 2.24) is 9.88 Å². The second kappa shape index (κ2) is 3.79. The molecule has 6 heteroatoms.